The maximum atomic E-state index is 5.81. The topological polar surface area (TPSA) is 18.5 Å². The van der Waals surface area contributed by atoms with Crippen LogP contribution in [0.1, 0.15) is 19.8 Å². The Labute approximate surface area is 96.9 Å². The number of rotatable bonds is 6. The Morgan fingerprint density at radius 2 is 1.87 bits per heavy atom. The molecule has 15 heavy (non-hydrogen) atoms. The Kier molecular flexibility index (Phi) is 5.79. The maximum Gasteiger partial charge on any atom is 0.457 e. The number of hydrogen-bond acceptors (Lipinski definition) is 2. The first kappa shape index (κ1) is 12.6. The zero-order valence-electron chi connectivity index (χ0n) is 9.77. The molecule has 0 spiro atoms. The van der Waals surface area contributed by atoms with E-state index in [0.29, 0.717) is 0 Å². The second-order valence-electron chi connectivity index (χ2n) is 3.83. The van der Waals surface area contributed by atoms with Crippen LogP contribution >= 0.6 is 0 Å². The van der Waals surface area contributed by atoms with Crippen LogP contribution in [-0.4, -0.2) is 20.8 Å². The molecule has 1 aromatic rings. The molecule has 1 rings (SSSR count). The summed E-state index contributed by atoms with van der Waals surface area (Å²) in [6, 6.07) is 9.87. The first-order valence-electron chi connectivity index (χ1n) is 5.59. The molecule has 1 aromatic carbocycles. The largest absolute Gasteiger partial charge is 0.469 e. The molecule has 0 heterocycles. The third-order valence-electron chi connectivity index (χ3n) is 1.96. The van der Waals surface area contributed by atoms with E-state index in [9.17, 15) is 0 Å². The van der Waals surface area contributed by atoms with Crippen LogP contribution in [0.2, 0.25) is 11.6 Å². The lowest BCUT2D eigenvalue weighted by atomic mass is 10.3. The van der Waals surface area contributed by atoms with Crippen molar-refractivity contribution in [2.24, 2.45) is 0 Å². The van der Waals surface area contributed by atoms with Gasteiger partial charge in [-0.3, -0.25) is 0 Å². The lowest BCUT2D eigenvalue weighted by molar-refractivity contribution is -0.00249. The van der Waals surface area contributed by atoms with E-state index in [1.807, 2.05) is 30.3 Å². The van der Waals surface area contributed by atoms with E-state index < -0.39 is 14.5 Å². The van der Waals surface area contributed by atoms with Crippen LogP contribution in [0, 0.1) is 0 Å². The van der Waals surface area contributed by atoms with Crippen LogP contribution in [0.5, 0.6) is 5.75 Å². The third-order valence-corrected chi connectivity index (χ3v) is 2.81. The number of ether oxygens (including phenoxy) is 1. The zero-order chi connectivity index (χ0) is 11.1. The molecule has 0 amide bonds. The molecule has 0 aliphatic rings. The Morgan fingerprint density at radius 3 is 2.40 bits per heavy atom. The SMILES string of the molecule is CCCC(Oc1ccccc1)[O][Al]([CH3])[CH3]. The normalized spacial score (nSPS) is 12.2. The lowest BCUT2D eigenvalue weighted by Gasteiger charge is -2.21. The van der Waals surface area contributed by atoms with Gasteiger partial charge in [-0.1, -0.05) is 43.1 Å². The molecule has 0 aromatic heterocycles. The van der Waals surface area contributed by atoms with Crippen molar-refractivity contribution in [3.05, 3.63) is 30.3 Å². The van der Waals surface area contributed by atoms with E-state index >= 15 is 0 Å². The molecule has 0 saturated carbocycles. The Bertz CT molecular complexity index is 262. The molecule has 1 unspecified atom stereocenters. The van der Waals surface area contributed by atoms with Crippen LogP contribution in [0.25, 0.3) is 0 Å². The van der Waals surface area contributed by atoms with Crippen LogP contribution in [-0.2, 0) is 3.79 Å². The Hall–Kier alpha value is -0.488. The number of hydrogen-bond donors (Lipinski definition) is 0. The molecule has 82 valence electrons. The van der Waals surface area contributed by atoms with Gasteiger partial charge in [0.2, 0.25) is 0 Å². The lowest BCUT2D eigenvalue weighted by Crippen LogP contribution is -2.26. The van der Waals surface area contributed by atoms with E-state index in [1.165, 1.54) is 0 Å². The number of para-hydroxylation sites is 1. The molecule has 3 heteroatoms. The molecule has 0 fully saturated rings. The fourth-order valence-electron chi connectivity index (χ4n) is 1.34. The Morgan fingerprint density at radius 1 is 1.20 bits per heavy atom. The highest BCUT2D eigenvalue weighted by molar-refractivity contribution is 6.48. The highest BCUT2D eigenvalue weighted by atomic mass is 27.2. The molecule has 0 bridgehead atoms. The quantitative estimate of drug-likeness (QED) is 0.542. The van der Waals surface area contributed by atoms with Gasteiger partial charge in [-0.2, -0.15) is 0 Å². The molecule has 1 atom stereocenters. The minimum Gasteiger partial charge on any atom is -0.469 e. The van der Waals surface area contributed by atoms with E-state index in [2.05, 4.69) is 18.5 Å². The minimum absolute atomic E-state index is 0.0657. The molecule has 0 aliphatic carbocycles. The number of benzene rings is 1. The molecule has 0 N–H and O–H groups in total. The summed E-state index contributed by atoms with van der Waals surface area (Å²) in [4.78, 5) is 0. The highest BCUT2D eigenvalue weighted by Crippen LogP contribution is 2.14. The standard InChI is InChI=1S/C10H13O2.2CH3.Al/c1-2-6-10(11)12-9-7-4-3-5-8-9;;;/h3-5,7-8,10H,2,6H2,1H3;2*1H3;/q-1;;;+1. The summed E-state index contributed by atoms with van der Waals surface area (Å²) < 4.78 is 11.6. The zero-order valence-corrected chi connectivity index (χ0v) is 10.9. The van der Waals surface area contributed by atoms with Gasteiger partial charge in [0.05, 0.1) is 0 Å². The van der Waals surface area contributed by atoms with Crippen molar-refractivity contribution in [1.29, 1.82) is 0 Å². The van der Waals surface area contributed by atoms with Gasteiger partial charge in [0, 0.05) is 6.42 Å². The first-order valence-corrected chi connectivity index (χ1v) is 8.37. The predicted molar refractivity (Wildman–Crippen MR) is 64.3 cm³/mol. The van der Waals surface area contributed by atoms with Crippen molar-refractivity contribution >= 4 is 14.5 Å². The van der Waals surface area contributed by atoms with Gasteiger partial charge in [-0.25, -0.2) is 0 Å². The van der Waals surface area contributed by atoms with E-state index in [1.54, 1.807) is 0 Å². The van der Waals surface area contributed by atoms with Gasteiger partial charge < -0.3 is 8.53 Å². The summed E-state index contributed by atoms with van der Waals surface area (Å²) in [5, 5.41) is 0. The second-order valence-corrected chi connectivity index (χ2v) is 6.20. The molecule has 2 nitrogen and oxygen atoms in total. The Balaban J connectivity index is 2.50. The maximum absolute atomic E-state index is 5.81. The smallest absolute Gasteiger partial charge is 0.457 e. The average molecular weight is 222 g/mol. The summed E-state index contributed by atoms with van der Waals surface area (Å²) in [5.74, 6) is 5.22. The predicted octanol–water partition coefficient (Wildman–Crippen LogP) is 3.46. The monoisotopic (exact) mass is 222 g/mol. The van der Waals surface area contributed by atoms with Crippen molar-refractivity contribution < 1.29 is 8.53 Å². The molecule has 0 saturated heterocycles. The van der Waals surface area contributed by atoms with Crippen molar-refractivity contribution in [3.63, 3.8) is 0 Å². The fourth-order valence-corrected chi connectivity index (χ4v) is 2.14. The highest BCUT2D eigenvalue weighted by Gasteiger charge is 2.14. The molecular formula is C12H19AlO2. The molecule has 0 aliphatic heterocycles. The molecule has 0 radical (unpaired) electrons. The van der Waals surface area contributed by atoms with Gasteiger partial charge in [-0.05, 0) is 12.1 Å². The molecular weight excluding hydrogens is 203 g/mol. The van der Waals surface area contributed by atoms with Crippen molar-refractivity contribution in [1.82, 2.24) is 0 Å². The van der Waals surface area contributed by atoms with Crippen molar-refractivity contribution in [3.8, 4) is 5.75 Å². The van der Waals surface area contributed by atoms with E-state index in [0.717, 1.165) is 18.6 Å². The summed E-state index contributed by atoms with van der Waals surface area (Å²) >= 11 is -1.03. The van der Waals surface area contributed by atoms with E-state index in [-0.39, 0.29) is 6.29 Å². The van der Waals surface area contributed by atoms with Gasteiger partial charge >= 0.3 is 14.5 Å². The van der Waals surface area contributed by atoms with Crippen LogP contribution < -0.4 is 4.74 Å². The van der Waals surface area contributed by atoms with Crippen molar-refractivity contribution in [2.75, 3.05) is 0 Å². The summed E-state index contributed by atoms with van der Waals surface area (Å²) in [6.45, 7) is 2.15. The van der Waals surface area contributed by atoms with Crippen LogP contribution in [0.15, 0.2) is 30.3 Å². The van der Waals surface area contributed by atoms with Crippen LogP contribution in [0.4, 0.5) is 0 Å². The van der Waals surface area contributed by atoms with Gasteiger partial charge in [0.1, 0.15) is 5.75 Å². The van der Waals surface area contributed by atoms with Gasteiger partial charge in [-0.15, -0.1) is 0 Å². The van der Waals surface area contributed by atoms with Crippen LogP contribution in [0.3, 0.4) is 0 Å². The summed E-state index contributed by atoms with van der Waals surface area (Å²) in [6.07, 6.45) is 1.97. The van der Waals surface area contributed by atoms with Crippen molar-refractivity contribution in [2.45, 2.75) is 37.6 Å². The minimum atomic E-state index is -1.03. The van der Waals surface area contributed by atoms with Gasteiger partial charge in [0.25, 0.3) is 0 Å². The first-order chi connectivity index (χ1) is 7.22. The fraction of sp³-hybridized carbons (Fsp3) is 0.500. The second kappa shape index (κ2) is 6.90. The summed E-state index contributed by atoms with van der Waals surface area (Å²) in [7, 11) is 0. The average Bonchev–Trinajstić information content (AvgIpc) is 2.18. The summed E-state index contributed by atoms with van der Waals surface area (Å²) in [5.41, 5.74) is 0. The third kappa shape index (κ3) is 5.23. The van der Waals surface area contributed by atoms with Gasteiger partial charge in [0.15, 0.2) is 6.29 Å². The van der Waals surface area contributed by atoms with E-state index in [4.69, 9.17) is 8.53 Å².